The number of carboxylic acid groups (broad SMARTS) is 1. The highest BCUT2D eigenvalue weighted by Gasteiger charge is 2.30. The fraction of sp³-hybridized carbons (Fsp3) is 0.562. The normalized spacial score (nSPS) is 18.1. The monoisotopic (exact) mass is 308 g/mol. The fourth-order valence-corrected chi connectivity index (χ4v) is 2.82. The molecule has 22 heavy (non-hydrogen) atoms. The molecule has 6 heteroatoms. The van der Waals surface area contributed by atoms with Gasteiger partial charge in [0.1, 0.15) is 6.04 Å². The van der Waals surface area contributed by atoms with Gasteiger partial charge in [0.2, 0.25) is 0 Å². The summed E-state index contributed by atoms with van der Waals surface area (Å²) in [6.07, 6.45) is 0. The Labute approximate surface area is 130 Å². The van der Waals surface area contributed by atoms with Gasteiger partial charge >= 0.3 is 5.97 Å². The second kappa shape index (κ2) is 7.47. The van der Waals surface area contributed by atoms with Crippen molar-refractivity contribution < 1.29 is 19.7 Å². The zero-order valence-electron chi connectivity index (χ0n) is 13.2. The van der Waals surface area contributed by atoms with Gasteiger partial charge < -0.3 is 19.8 Å². The Hall–Kier alpha value is -1.79. The Bertz CT molecular complexity index is 513. The van der Waals surface area contributed by atoms with E-state index in [1.54, 1.807) is 12.1 Å². The van der Waals surface area contributed by atoms with E-state index in [9.17, 15) is 15.0 Å². The smallest absolute Gasteiger partial charge is 0.325 e. The van der Waals surface area contributed by atoms with Crippen LogP contribution in [0.1, 0.15) is 25.5 Å². The van der Waals surface area contributed by atoms with Gasteiger partial charge in [0.15, 0.2) is 11.5 Å². The van der Waals surface area contributed by atoms with Crippen LogP contribution in [0.2, 0.25) is 0 Å². The van der Waals surface area contributed by atoms with Crippen molar-refractivity contribution in [1.29, 1.82) is 0 Å². The molecule has 0 amide bonds. The molecule has 0 saturated carbocycles. The predicted molar refractivity (Wildman–Crippen MR) is 83.3 cm³/mol. The van der Waals surface area contributed by atoms with Gasteiger partial charge in [-0.25, -0.2) is 0 Å². The Balaban J connectivity index is 2.21. The highest BCUT2D eigenvalue weighted by molar-refractivity contribution is 5.76. The van der Waals surface area contributed by atoms with Crippen LogP contribution < -0.4 is 4.74 Å². The van der Waals surface area contributed by atoms with E-state index in [4.69, 9.17) is 4.74 Å². The molecule has 1 aromatic rings. The second-order valence-electron chi connectivity index (χ2n) is 5.37. The summed E-state index contributed by atoms with van der Waals surface area (Å²) in [5, 5.41) is 19.4. The number of ether oxygens (including phenoxy) is 1. The van der Waals surface area contributed by atoms with Gasteiger partial charge in [0, 0.05) is 26.2 Å². The Morgan fingerprint density at radius 1 is 1.27 bits per heavy atom. The highest BCUT2D eigenvalue weighted by Crippen LogP contribution is 2.32. The third-order valence-electron chi connectivity index (χ3n) is 4.05. The lowest BCUT2D eigenvalue weighted by molar-refractivity contribution is -0.144. The summed E-state index contributed by atoms with van der Waals surface area (Å²) in [4.78, 5) is 16.0. The average Bonchev–Trinajstić information content (AvgIpc) is 2.51. The highest BCUT2D eigenvalue weighted by atomic mass is 16.5. The molecule has 0 aromatic heterocycles. The number of rotatable bonds is 6. The Morgan fingerprint density at radius 3 is 2.50 bits per heavy atom. The number of carbonyl (C=O) groups is 1. The van der Waals surface area contributed by atoms with E-state index in [1.807, 2.05) is 11.8 Å². The Morgan fingerprint density at radius 2 is 1.95 bits per heavy atom. The molecule has 0 radical (unpaired) electrons. The summed E-state index contributed by atoms with van der Waals surface area (Å²) < 4.78 is 5.36. The van der Waals surface area contributed by atoms with Crippen molar-refractivity contribution in [1.82, 2.24) is 9.80 Å². The third kappa shape index (κ3) is 3.69. The minimum Gasteiger partial charge on any atom is -0.504 e. The van der Waals surface area contributed by atoms with Gasteiger partial charge in [-0.3, -0.25) is 9.69 Å². The summed E-state index contributed by atoms with van der Waals surface area (Å²) in [6, 6.07) is 4.07. The van der Waals surface area contributed by atoms with Crippen molar-refractivity contribution >= 4 is 5.97 Å². The number of phenolic OH excluding ortho intramolecular Hbond substituents is 1. The van der Waals surface area contributed by atoms with E-state index < -0.39 is 12.0 Å². The van der Waals surface area contributed by atoms with Gasteiger partial charge in [-0.15, -0.1) is 0 Å². The van der Waals surface area contributed by atoms with Crippen molar-refractivity contribution in [3.63, 3.8) is 0 Å². The minimum atomic E-state index is -0.877. The van der Waals surface area contributed by atoms with Crippen molar-refractivity contribution in [2.24, 2.45) is 0 Å². The first-order valence-electron chi connectivity index (χ1n) is 7.71. The van der Waals surface area contributed by atoms with Crippen molar-refractivity contribution in [3.8, 4) is 11.5 Å². The first-order valence-corrected chi connectivity index (χ1v) is 7.71. The molecular formula is C16H24N2O4. The van der Waals surface area contributed by atoms with Crippen LogP contribution in [-0.2, 0) is 4.79 Å². The number of aromatic hydroxyl groups is 1. The summed E-state index contributed by atoms with van der Waals surface area (Å²) in [7, 11) is 0. The van der Waals surface area contributed by atoms with Crippen molar-refractivity contribution in [2.45, 2.75) is 19.9 Å². The topological polar surface area (TPSA) is 73.2 Å². The van der Waals surface area contributed by atoms with Crippen LogP contribution in [0, 0.1) is 0 Å². The van der Waals surface area contributed by atoms with Gasteiger partial charge in [-0.05, 0) is 31.2 Å². The van der Waals surface area contributed by atoms with Crippen LogP contribution in [0.25, 0.3) is 0 Å². The third-order valence-corrected chi connectivity index (χ3v) is 4.05. The zero-order valence-corrected chi connectivity index (χ0v) is 13.2. The van der Waals surface area contributed by atoms with E-state index in [1.165, 1.54) is 6.07 Å². The number of likely N-dealkylation sites (N-methyl/N-ethyl adjacent to an activating group) is 1. The molecule has 122 valence electrons. The Kier molecular flexibility index (Phi) is 5.63. The number of carboxylic acids is 1. The van der Waals surface area contributed by atoms with Gasteiger partial charge in [-0.1, -0.05) is 13.0 Å². The lowest BCUT2D eigenvalue weighted by Crippen LogP contribution is -2.49. The molecule has 1 aliphatic heterocycles. The zero-order chi connectivity index (χ0) is 16.1. The molecule has 0 bridgehead atoms. The number of hydrogen-bond donors (Lipinski definition) is 2. The second-order valence-corrected chi connectivity index (χ2v) is 5.37. The first-order chi connectivity index (χ1) is 10.6. The molecule has 1 aromatic carbocycles. The molecule has 6 nitrogen and oxygen atoms in total. The van der Waals surface area contributed by atoms with Crippen LogP contribution in [0.3, 0.4) is 0 Å². The molecular weight excluding hydrogens is 284 g/mol. The lowest BCUT2D eigenvalue weighted by Gasteiger charge is -2.37. The average molecular weight is 308 g/mol. The molecule has 1 fully saturated rings. The molecule has 2 rings (SSSR count). The maximum absolute atomic E-state index is 11.7. The van der Waals surface area contributed by atoms with Crippen LogP contribution in [-0.4, -0.2) is 65.3 Å². The molecule has 1 heterocycles. The molecule has 0 aliphatic carbocycles. The van der Waals surface area contributed by atoms with Gasteiger partial charge in [0.25, 0.3) is 0 Å². The van der Waals surface area contributed by atoms with Gasteiger partial charge in [-0.2, -0.15) is 0 Å². The summed E-state index contributed by atoms with van der Waals surface area (Å²) in [5.74, 6) is -0.512. The summed E-state index contributed by atoms with van der Waals surface area (Å²) in [5.41, 5.74) is 0.638. The SMILES string of the molecule is CCOc1cc(C(C(=O)O)N2CCN(CC)CC2)ccc1O. The lowest BCUT2D eigenvalue weighted by atomic mass is 10.0. The van der Waals surface area contributed by atoms with Crippen molar-refractivity contribution in [2.75, 3.05) is 39.3 Å². The number of hydrogen-bond acceptors (Lipinski definition) is 5. The molecule has 1 saturated heterocycles. The maximum atomic E-state index is 11.7. The number of aliphatic carboxylic acids is 1. The molecule has 1 unspecified atom stereocenters. The van der Waals surface area contributed by atoms with Gasteiger partial charge in [0.05, 0.1) is 6.61 Å². The molecule has 2 N–H and O–H groups in total. The van der Waals surface area contributed by atoms with E-state index in [-0.39, 0.29) is 5.75 Å². The van der Waals surface area contributed by atoms with E-state index in [0.29, 0.717) is 17.9 Å². The van der Waals surface area contributed by atoms with Crippen LogP contribution in [0.15, 0.2) is 18.2 Å². The molecule has 1 aliphatic rings. The maximum Gasteiger partial charge on any atom is 0.325 e. The quantitative estimate of drug-likeness (QED) is 0.831. The van der Waals surface area contributed by atoms with Crippen LogP contribution >= 0.6 is 0 Å². The number of benzene rings is 1. The standard InChI is InChI=1S/C16H24N2O4/c1-3-17-7-9-18(10-8-17)15(16(20)21)12-5-6-13(19)14(11-12)22-4-2/h5-6,11,15,19H,3-4,7-10H2,1-2H3,(H,20,21). The van der Waals surface area contributed by atoms with Crippen molar-refractivity contribution in [3.05, 3.63) is 23.8 Å². The summed E-state index contributed by atoms with van der Waals surface area (Å²) >= 11 is 0. The molecule has 0 spiro atoms. The van der Waals surface area contributed by atoms with E-state index in [2.05, 4.69) is 11.8 Å². The predicted octanol–water partition coefficient (Wildman–Crippen LogP) is 1.55. The fourth-order valence-electron chi connectivity index (χ4n) is 2.82. The first kappa shape index (κ1) is 16.6. The van der Waals surface area contributed by atoms with Crippen LogP contribution in [0.4, 0.5) is 0 Å². The largest absolute Gasteiger partial charge is 0.504 e. The van der Waals surface area contributed by atoms with E-state index >= 15 is 0 Å². The number of piperazine rings is 1. The summed E-state index contributed by atoms with van der Waals surface area (Å²) in [6.45, 7) is 8.52. The number of phenols is 1. The van der Waals surface area contributed by atoms with E-state index in [0.717, 1.165) is 32.7 Å². The molecule has 1 atom stereocenters. The van der Waals surface area contributed by atoms with Crippen LogP contribution in [0.5, 0.6) is 11.5 Å². The number of nitrogens with zero attached hydrogens (tertiary/aromatic N) is 2. The minimum absolute atomic E-state index is 0.0329.